The summed E-state index contributed by atoms with van der Waals surface area (Å²) in [6.45, 7) is 3.36. The van der Waals surface area contributed by atoms with E-state index in [1.165, 1.54) is 6.92 Å². The van der Waals surface area contributed by atoms with E-state index in [0.29, 0.717) is 18.2 Å². The third-order valence-electron chi connectivity index (χ3n) is 1.62. The summed E-state index contributed by atoms with van der Waals surface area (Å²) < 4.78 is 10.1. The Morgan fingerprint density at radius 2 is 2.21 bits per heavy atom. The van der Waals surface area contributed by atoms with Gasteiger partial charge in [0.05, 0.1) is 0 Å². The van der Waals surface area contributed by atoms with Gasteiger partial charge in [-0.25, -0.2) is 4.79 Å². The molecular weight excluding hydrogens is 188 g/mol. The van der Waals surface area contributed by atoms with Crippen LogP contribution in [-0.2, 0) is 22.6 Å². The van der Waals surface area contributed by atoms with Gasteiger partial charge < -0.3 is 14.3 Å². The van der Waals surface area contributed by atoms with E-state index in [0.717, 1.165) is 0 Å². The van der Waals surface area contributed by atoms with Gasteiger partial charge in [0.2, 0.25) is 11.8 Å². The number of carbonyl (C=O) groups is 1. The smallest absolute Gasteiger partial charge is 0.332 e. The molecule has 78 valence electrons. The second-order valence-electron chi connectivity index (χ2n) is 2.73. The normalized spacial score (nSPS) is 12.7. The molecule has 6 heteroatoms. The molecule has 0 saturated heterocycles. The molecule has 1 atom stereocenters. The van der Waals surface area contributed by atoms with Crippen molar-refractivity contribution in [2.75, 3.05) is 0 Å². The zero-order valence-electron chi connectivity index (χ0n) is 8.06. The third-order valence-corrected chi connectivity index (χ3v) is 1.62. The first kappa shape index (κ1) is 10.6. The van der Waals surface area contributed by atoms with E-state index in [1.807, 2.05) is 6.92 Å². The fraction of sp³-hybridized carbons (Fsp3) is 0.625. The van der Waals surface area contributed by atoms with Crippen molar-refractivity contribution in [2.45, 2.75) is 33.0 Å². The van der Waals surface area contributed by atoms with Gasteiger partial charge in [-0.1, -0.05) is 6.92 Å². The number of nitrogens with zero attached hydrogens (tertiary/aromatic N) is 2. The number of carboxylic acids is 1. The van der Waals surface area contributed by atoms with Crippen LogP contribution in [0.1, 0.15) is 25.6 Å². The minimum atomic E-state index is -1.01. The van der Waals surface area contributed by atoms with E-state index in [9.17, 15) is 4.79 Å². The van der Waals surface area contributed by atoms with Crippen LogP contribution in [-0.4, -0.2) is 27.4 Å². The van der Waals surface area contributed by atoms with Crippen molar-refractivity contribution >= 4 is 5.97 Å². The van der Waals surface area contributed by atoms with Crippen LogP contribution < -0.4 is 0 Å². The molecule has 0 saturated carbocycles. The van der Waals surface area contributed by atoms with E-state index in [-0.39, 0.29) is 6.61 Å². The summed E-state index contributed by atoms with van der Waals surface area (Å²) in [4.78, 5) is 10.4. The zero-order chi connectivity index (χ0) is 10.6. The average molecular weight is 200 g/mol. The molecule has 1 rings (SSSR count). The number of hydrogen-bond donors (Lipinski definition) is 1. The minimum absolute atomic E-state index is 0.0282. The van der Waals surface area contributed by atoms with E-state index in [2.05, 4.69) is 10.2 Å². The van der Waals surface area contributed by atoms with Gasteiger partial charge in [0.25, 0.3) is 0 Å². The van der Waals surface area contributed by atoms with Gasteiger partial charge in [0.15, 0.2) is 6.10 Å². The topological polar surface area (TPSA) is 85.5 Å². The summed E-state index contributed by atoms with van der Waals surface area (Å²) in [5, 5.41) is 15.9. The summed E-state index contributed by atoms with van der Waals surface area (Å²) in [6, 6.07) is 0. The van der Waals surface area contributed by atoms with E-state index in [1.54, 1.807) is 0 Å². The number of rotatable bonds is 5. The highest BCUT2D eigenvalue weighted by Gasteiger charge is 2.13. The second-order valence-corrected chi connectivity index (χ2v) is 2.73. The number of carboxylic acid groups (broad SMARTS) is 1. The molecule has 0 aliphatic heterocycles. The Labute approximate surface area is 80.9 Å². The standard InChI is InChI=1S/C8H12N2O4/c1-3-6-9-10-7(14-6)4-13-5(2)8(11)12/h5H,3-4H2,1-2H3,(H,11,12)/t5-/m0/s1. The lowest BCUT2D eigenvalue weighted by molar-refractivity contribution is -0.150. The first-order valence-electron chi connectivity index (χ1n) is 4.29. The first-order valence-corrected chi connectivity index (χ1v) is 4.29. The molecule has 0 amide bonds. The largest absolute Gasteiger partial charge is 0.479 e. The van der Waals surface area contributed by atoms with Crippen molar-refractivity contribution in [1.82, 2.24) is 10.2 Å². The summed E-state index contributed by atoms with van der Waals surface area (Å²) >= 11 is 0. The van der Waals surface area contributed by atoms with Gasteiger partial charge in [-0.3, -0.25) is 0 Å². The summed E-state index contributed by atoms with van der Waals surface area (Å²) in [6.07, 6.45) is -0.214. The molecule has 0 aliphatic carbocycles. The van der Waals surface area contributed by atoms with Gasteiger partial charge in [-0.15, -0.1) is 10.2 Å². The van der Waals surface area contributed by atoms with Crippen molar-refractivity contribution < 1.29 is 19.1 Å². The number of aryl methyl sites for hydroxylation is 1. The molecule has 0 unspecified atom stereocenters. The SMILES string of the molecule is CCc1nnc(CO[C@@H](C)C(=O)O)o1. The van der Waals surface area contributed by atoms with E-state index >= 15 is 0 Å². The Morgan fingerprint density at radius 3 is 2.71 bits per heavy atom. The molecule has 1 aromatic rings. The predicted molar refractivity (Wildman–Crippen MR) is 45.6 cm³/mol. The molecule has 0 bridgehead atoms. The number of aromatic nitrogens is 2. The van der Waals surface area contributed by atoms with E-state index in [4.69, 9.17) is 14.3 Å². The lowest BCUT2D eigenvalue weighted by Crippen LogP contribution is -2.19. The maximum Gasteiger partial charge on any atom is 0.332 e. The Bertz CT molecular complexity index is 310. The minimum Gasteiger partial charge on any atom is -0.479 e. The van der Waals surface area contributed by atoms with Gasteiger partial charge in [-0.05, 0) is 6.92 Å². The highest BCUT2D eigenvalue weighted by Crippen LogP contribution is 2.03. The lowest BCUT2D eigenvalue weighted by Gasteiger charge is -2.04. The van der Waals surface area contributed by atoms with Gasteiger partial charge in [0, 0.05) is 6.42 Å². The lowest BCUT2D eigenvalue weighted by atomic mass is 10.4. The van der Waals surface area contributed by atoms with Crippen LogP contribution >= 0.6 is 0 Å². The highest BCUT2D eigenvalue weighted by atomic mass is 16.5. The summed E-state index contributed by atoms with van der Waals surface area (Å²) in [5.41, 5.74) is 0. The maximum absolute atomic E-state index is 10.4. The Morgan fingerprint density at radius 1 is 1.57 bits per heavy atom. The van der Waals surface area contributed by atoms with Gasteiger partial charge >= 0.3 is 5.97 Å². The van der Waals surface area contributed by atoms with Crippen LogP contribution in [0, 0.1) is 0 Å². The second kappa shape index (κ2) is 4.71. The quantitative estimate of drug-likeness (QED) is 0.749. The Kier molecular flexibility index (Phi) is 3.58. The van der Waals surface area contributed by atoms with Crippen molar-refractivity contribution in [3.05, 3.63) is 11.8 Å². The third kappa shape index (κ3) is 2.81. The molecule has 14 heavy (non-hydrogen) atoms. The van der Waals surface area contributed by atoms with Crippen LogP contribution in [0.2, 0.25) is 0 Å². The predicted octanol–water partition coefficient (Wildman–Crippen LogP) is 0.622. The van der Waals surface area contributed by atoms with Crippen molar-refractivity contribution in [3.8, 4) is 0 Å². The Hall–Kier alpha value is -1.43. The fourth-order valence-electron chi connectivity index (χ4n) is 0.757. The molecule has 6 nitrogen and oxygen atoms in total. The molecule has 1 aromatic heterocycles. The summed E-state index contributed by atoms with van der Waals surface area (Å²) in [5.74, 6) is -0.193. The summed E-state index contributed by atoms with van der Waals surface area (Å²) in [7, 11) is 0. The maximum atomic E-state index is 10.4. The molecule has 1 N–H and O–H groups in total. The highest BCUT2D eigenvalue weighted by molar-refractivity contribution is 5.71. The van der Waals surface area contributed by atoms with Crippen molar-refractivity contribution in [2.24, 2.45) is 0 Å². The monoisotopic (exact) mass is 200 g/mol. The molecule has 0 radical (unpaired) electrons. The van der Waals surface area contributed by atoms with Crippen LogP contribution in [0.15, 0.2) is 4.42 Å². The molecule has 0 spiro atoms. The van der Waals surface area contributed by atoms with Crippen molar-refractivity contribution in [1.29, 1.82) is 0 Å². The van der Waals surface area contributed by atoms with Crippen LogP contribution in [0.3, 0.4) is 0 Å². The molecule has 0 aromatic carbocycles. The van der Waals surface area contributed by atoms with Crippen LogP contribution in [0.25, 0.3) is 0 Å². The Balaban J connectivity index is 2.41. The fourth-order valence-corrected chi connectivity index (χ4v) is 0.757. The van der Waals surface area contributed by atoms with Crippen LogP contribution in [0.4, 0.5) is 0 Å². The average Bonchev–Trinajstić information content (AvgIpc) is 2.61. The molecule has 0 fully saturated rings. The first-order chi connectivity index (χ1) is 6.63. The molecule has 1 heterocycles. The van der Waals surface area contributed by atoms with Crippen LogP contribution in [0.5, 0.6) is 0 Å². The van der Waals surface area contributed by atoms with Gasteiger partial charge in [0.1, 0.15) is 6.61 Å². The van der Waals surface area contributed by atoms with Gasteiger partial charge in [-0.2, -0.15) is 0 Å². The van der Waals surface area contributed by atoms with E-state index < -0.39 is 12.1 Å². The molecular formula is C8H12N2O4. The number of hydrogen-bond acceptors (Lipinski definition) is 5. The number of aliphatic carboxylic acids is 1. The zero-order valence-corrected chi connectivity index (χ0v) is 8.06. The number of ether oxygens (including phenoxy) is 1. The molecule has 0 aliphatic rings. The van der Waals surface area contributed by atoms with Crippen molar-refractivity contribution in [3.63, 3.8) is 0 Å².